The lowest BCUT2D eigenvalue weighted by Crippen LogP contribution is -1.68. The predicted molar refractivity (Wildman–Crippen MR) is 56.7 cm³/mol. The molecule has 11 heavy (non-hydrogen) atoms. The zero-order chi connectivity index (χ0) is 8.10. The zero-order valence-electron chi connectivity index (χ0n) is 6.83. The monoisotopic (exact) mass is 184 g/mol. The van der Waals surface area contributed by atoms with E-state index in [1.807, 2.05) is 23.5 Å². The molecule has 0 saturated carbocycles. The SMILES string of the molecule is CC=CC1=C(C=CC)SCS1. The summed E-state index contributed by atoms with van der Waals surface area (Å²) in [6.07, 6.45) is 8.55. The molecule has 0 aromatic rings. The first kappa shape index (κ1) is 9.01. The normalized spacial score (nSPS) is 19.5. The Morgan fingerprint density at radius 1 is 1.00 bits per heavy atom. The van der Waals surface area contributed by atoms with Gasteiger partial charge in [-0.3, -0.25) is 0 Å². The van der Waals surface area contributed by atoms with Crippen molar-refractivity contribution in [2.45, 2.75) is 13.8 Å². The highest BCUT2D eigenvalue weighted by Gasteiger charge is 2.09. The Hall–Kier alpha value is -0.0800. The molecule has 60 valence electrons. The summed E-state index contributed by atoms with van der Waals surface area (Å²) in [6, 6.07) is 0. The topological polar surface area (TPSA) is 0 Å². The number of hydrogen-bond acceptors (Lipinski definition) is 2. The molecular weight excluding hydrogens is 172 g/mol. The molecule has 0 nitrogen and oxygen atoms in total. The van der Waals surface area contributed by atoms with Gasteiger partial charge in [0.2, 0.25) is 0 Å². The molecule has 2 heteroatoms. The standard InChI is InChI=1S/C9H12S2/c1-3-5-8-9(6-4-2)11-7-10-8/h3-6H,7H2,1-2H3. The molecule has 0 aromatic carbocycles. The minimum absolute atomic E-state index is 1.17. The summed E-state index contributed by atoms with van der Waals surface area (Å²) in [7, 11) is 0. The molecule has 0 saturated heterocycles. The Kier molecular flexibility index (Phi) is 3.87. The first-order valence-corrected chi connectivity index (χ1v) is 5.61. The van der Waals surface area contributed by atoms with Gasteiger partial charge in [-0.1, -0.05) is 24.3 Å². The van der Waals surface area contributed by atoms with Crippen LogP contribution in [-0.2, 0) is 0 Å². The Bertz CT molecular complexity index is 190. The first-order valence-electron chi connectivity index (χ1n) is 3.63. The van der Waals surface area contributed by atoms with Gasteiger partial charge < -0.3 is 0 Å². The van der Waals surface area contributed by atoms with Crippen LogP contribution in [0.3, 0.4) is 0 Å². The van der Waals surface area contributed by atoms with Crippen LogP contribution in [0.2, 0.25) is 0 Å². The smallest absolute Gasteiger partial charge is 0.0487 e. The molecule has 0 aromatic heterocycles. The molecule has 0 fully saturated rings. The van der Waals surface area contributed by atoms with Gasteiger partial charge >= 0.3 is 0 Å². The van der Waals surface area contributed by atoms with Gasteiger partial charge in [0.25, 0.3) is 0 Å². The van der Waals surface area contributed by atoms with Crippen molar-refractivity contribution in [1.82, 2.24) is 0 Å². The van der Waals surface area contributed by atoms with Gasteiger partial charge in [0.1, 0.15) is 0 Å². The number of rotatable bonds is 2. The van der Waals surface area contributed by atoms with Gasteiger partial charge in [-0.2, -0.15) is 0 Å². The van der Waals surface area contributed by atoms with E-state index in [4.69, 9.17) is 0 Å². The van der Waals surface area contributed by atoms with Crippen LogP contribution in [0, 0.1) is 0 Å². The lowest BCUT2D eigenvalue weighted by Gasteiger charge is -1.92. The van der Waals surface area contributed by atoms with E-state index in [2.05, 4.69) is 38.2 Å². The second-order valence-electron chi connectivity index (χ2n) is 2.14. The molecule has 0 spiro atoms. The van der Waals surface area contributed by atoms with E-state index in [0.717, 1.165) is 0 Å². The second-order valence-corrected chi connectivity index (χ2v) is 4.53. The van der Waals surface area contributed by atoms with Crippen LogP contribution >= 0.6 is 23.5 Å². The second kappa shape index (κ2) is 4.73. The van der Waals surface area contributed by atoms with E-state index in [9.17, 15) is 0 Å². The van der Waals surface area contributed by atoms with Gasteiger partial charge in [-0.25, -0.2) is 0 Å². The van der Waals surface area contributed by atoms with E-state index in [0.29, 0.717) is 0 Å². The van der Waals surface area contributed by atoms with Crippen LogP contribution in [0.5, 0.6) is 0 Å². The van der Waals surface area contributed by atoms with Crippen LogP contribution in [-0.4, -0.2) is 5.08 Å². The molecule has 0 amide bonds. The number of allylic oxidation sites excluding steroid dienone is 4. The third-order valence-corrected chi connectivity index (χ3v) is 3.71. The van der Waals surface area contributed by atoms with Gasteiger partial charge in [-0.15, -0.1) is 23.5 Å². The third-order valence-electron chi connectivity index (χ3n) is 1.31. The van der Waals surface area contributed by atoms with E-state index >= 15 is 0 Å². The van der Waals surface area contributed by atoms with Gasteiger partial charge in [0, 0.05) is 14.9 Å². The summed E-state index contributed by atoms with van der Waals surface area (Å²) in [5, 5.41) is 1.17. The van der Waals surface area contributed by atoms with Crippen molar-refractivity contribution in [3.8, 4) is 0 Å². The predicted octanol–water partition coefficient (Wildman–Crippen LogP) is 3.79. The zero-order valence-corrected chi connectivity index (χ0v) is 8.47. The summed E-state index contributed by atoms with van der Waals surface area (Å²) < 4.78 is 0. The molecule has 0 atom stereocenters. The molecule has 1 rings (SSSR count). The van der Waals surface area contributed by atoms with Crippen molar-refractivity contribution < 1.29 is 0 Å². The van der Waals surface area contributed by atoms with E-state index in [1.165, 1.54) is 14.9 Å². The first-order chi connectivity index (χ1) is 5.38. The molecule has 0 radical (unpaired) electrons. The highest BCUT2D eigenvalue weighted by atomic mass is 32.2. The summed E-state index contributed by atoms with van der Waals surface area (Å²) >= 11 is 3.84. The van der Waals surface area contributed by atoms with Crippen molar-refractivity contribution in [3.05, 3.63) is 34.1 Å². The maximum Gasteiger partial charge on any atom is 0.0487 e. The fourth-order valence-corrected chi connectivity index (χ4v) is 3.35. The molecule has 1 aliphatic rings. The van der Waals surface area contributed by atoms with Crippen molar-refractivity contribution in [2.75, 3.05) is 5.08 Å². The maximum absolute atomic E-state index is 2.18. The minimum atomic E-state index is 1.17. The van der Waals surface area contributed by atoms with Crippen LogP contribution in [0.25, 0.3) is 0 Å². The fourth-order valence-electron chi connectivity index (χ4n) is 0.862. The lowest BCUT2D eigenvalue weighted by molar-refractivity contribution is 1.68. The average molecular weight is 184 g/mol. The van der Waals surface area contributed by atoms with Gasteiger partial charge in [0.05, 0.1) is 0 Å². The van der Waals surface area contributed by atoms with Crippen LogP contribution in [0.4, 0.5) is 0 Å². The summed E-state index contributed by atoms with van der Waals surface area (Å²) in [5.41, 5.74) is 0. The molecular formula is C9H12S2. The average Bonchev–Trinajstić information content (AvgIpc) is 2.39. The third kappa shape index (κ3) is 2.46. The fraction of sp³-hybridized carbons (Fsp3) is 0.333. The summed E-state index contributed by atoms with van der Waals surface area (Å²) in [6.45, 7) is 4.12. The van der Waals surface area contributed by atoms with Crippen molar-refractivity contribution in [1.29, 1.82) is 0 Å². The van der Waals surface area contributed by atoms with Gasteiger partial charge in [-0.05, 0) is 13.8 Å². The Morgan fingerprint density at radius 2 is 1.45 bits per heavy atom. The van der Waals surface area contributed by atoms with Crippen LogP contribution in [0.1, 0.15) is 13.8 Å². The summed E-state index contributed by atoms with van der Waals surface area (Å²) in [4.78, 5) is 2.83. The lowest BCUT2D eigenvalue weighted by atomic mass is 10.4. The van der Waals surface area contributed by atoms with Crippen molar-refractivity contribution >= 4 is 23.5 Å². The van der Waals surface area contributed by atoms with Crippen molar-refractivity contribution in [2.24, 2.45) is 0 Å². The van der Waals surface area contributed by atoms with Crippen LogP contribution < -0.4 is 0 Å². The highest BCUT2D eigenvalue weighted by molar-refractivity contribution is 8.22. The van der Waals surface area contributed by atoms with Crippen LogP contribution in [0.15, 0.2) is 34.1 Å². The maximum atomic E-state index is 2.18. The highest BCUT2D eigenvalue weighted by Crippen LogP contribution is 2.40. The quantitative estimate of drug-likeness (QED) is 0.640. The Labute approximate surface area is 76.8 Å². The van der Waals surface area contributed by atoms with Gasteiger partial charge in [0.15, 0.2) is 0 Å². The Morgan fingerprint density at radius 3 is 1.82 bits per heavy atom. The molecule has 0 bridgehead atoms. The molecule has 0 unspecified atom stereocenters. The minimum Gasteiger partial charge on any atom is -0.114 e. The van der Waals surface area contributed by atoms with E-state index in [1.54, 1.807) is 0 Å². The number of hydrogen-bond donors (Lipinski definition) is 0. The van der Waals surface area contributed by atoms with Crippen molar-refractivity contribution in [3.63, 3.8) is 0 Å². The molecule has 1 heterocycles. The number of thioether (sulfide) groups is 2. The Balaban J connectivity index is 2.77. The van der Waals surface area contributed by atoms with E-state index in [-0.39, 0.29) is 0 Å². The van der Waals surface area contributed by atoms with E-state index < -0.39 is 0 Å². The largest absolute Gasteiger partial charge is 0.114 e. The molecule has 1 aliphatic heterocycles. The molecule has 0 aliphatic carbocycles. The summed E-state index contributed by atoms with van der Waals surface area (Å²) in [5.74, 6) is 0. The molecule has 0 N–H and O–H groups in total.